The monoisotopic (exact) mass is 278 g/mol. The van der Waals surface area contributed by atoms with Crippen LogP contribution in [0.25, 0.3) is 0 Å². The fourth-order valence-corrected chi connectivity index (χ4v) is 1.58. The molecule has 0 bridgehead atoms. The van der Waals surface area contributed by atoms with Crippen molar-refractivity contribution < 1.29 is 5.11 Å². The van der Waals surface area contributed by atoms with Gasteiger partial charge in [-0.2, -0.15) is 5.11 Å². The highest BCUT2D eigenvalue weighted by atomic mass is 16.3. The molecule has 3 heteroatoms. The Hall–Kier alpha value is -2.94. The van der Waals surface area contributed by atoms with Gasteiger partial charge in [-0.25, -0.2) is 0 Å². The Balaban J connectivity index is 3.28. The predicted octanol–water partition coefficient (Wildman–Crippen LogP) is 5.58. The van der Waals surface area contributed by atoms with E-state index in [1.54, 1.807) is 12.2 Å². The molecule has 0 atom stereocenters. The first-order valence-corrected chi connectivity index (χ1v) is 6.32. The van der Waals surface area contributed by atoms with Gasteiger partial charge in [0.1, 0.15) is 5.70 Å². The van der Waals surface area contributed by atoms with E-state index in [4.69, 9.17) is 0 Å². The van der Waals surface area contributed by atoms with Gasteiger partial charge in [0.05, 0.1) is 5.69 Å². The number of aliphatic hydroxyl groups is 1. The fourth-order valence-electron chi connectivity index (χ4n) is 1.58. The van der Waals surface area contributed by atoms with Crippen molar-refractivity contribution in [2.75, 3.05) is 0 Å². The summed E-state index contributed by atoms with van der Waals surface area (Å²) < 4.78 is 0. The van der Waals surface area contributed by atoms with E-state index in [2.05, 4.69) is 36.5 Å². The predicted molar refractivity (Wildman–Crippen MR) is 88.4 cm³/mol. The van der Waals surface area contributed by atoms with E-state index < -0.39 is 0 Å². The summed E-state index contributed by atoms with van der Waals surface area (Å²) in [5.74, 6) is -0.0746. The van der Waals surface area contributed by atoms with Crippen molar-refractivity contribution in [3.63, 3.8) is 0 Å². The molecule has 0 saturated carbocycles. The van der Waals surface area contributed by atoms with Crippen LogP contribution < -0.4 is 0 Å². The standard InChI is InChI=1S/C18H18N2O/c1-5-14(6-2)16(7-3)18(21)17(8-4)20-19-15-12-10-9-11-13-15/h5-13,21H,1-4H2/b18-17-,20-19+. The fraction of sp³-hybridized carbons (Fsp3) is 0. The molecule has 0 radical (unpaired) electrons. The molecular weight excluding hydrogens is 260 g/mol. The summed E-state index contributed by atoms with van der Waals surface area (Å²) in [5, 5.41) is 18.4. The molecule has 0 unspecified atom stereocenters. The molecule has 1 rings (SSSR count). The third kappa shape index (κ3) is 4.28. The highest BCUT2D eigenvalue weighted by molar-refractivity contribution is 5.50. The lowest BCUT2D eigenvalue weighted by molar-refractivity contribution is 0.419. The molecule has 0 amide bonds. The summed E-state index contributed by atoms with van der Waals surface area (Å²) in [6.07, 6.45) is 6.09. The maximum atomic E-state index is 10.3. The third-order valence-electron chi connectivity index (χ3n) is 2.68. The van der Waals surface area contributed by atoms with Crippen LogP contribution in [-0.4, -0.2) is 5.11 Å². The topological polar surface area (TPSA) is 45.0 Å². The molecule has 21 heavy (non-hydrogen) atoms. The highest BCUT2D eigenvalue weighted by Gasteiger charge is 2.08. The van der Waals surface area contributed by atoms with Crippen molar-refractivity contribution in [1.82, 2.24) is 0 Å². The number of aliphatic hydroxyl groups excluding tert-OH is 1. The average Bonchev–Trinajstić information content (AvgIpc) is 2.53. The van der Waals surface area contributed by atoms with Crippen molar-refractivity contribution in [3.05, 3.63) is 104 Å². The lowest BCUT2D eigenvalue weighted by Crippen LogP contribution is -1.93. The van der Waals surface area contributed by atoms with Gasteiger partial charge in [0.15, 0.2) is 5.76 Å². The molecule has 0 aliphatic rings. The second-order valence-electron chi connectivity index (χ2n) is 3.95. The van der Waals surface area contributed by atoms with E-state index in [-0.39, 0.29) is 11.5 Å². The first-order chi connectivity index (χ1) is 10.2. The van der Waals surface area contributed by atoms with E-state index in [1.165, 1.54) is 12.2 Å². The van der Waals surface area contributed by atoms with Crippen LogP contribution >= 0.6 is 0 Å². The number of hydrogen-bond donors (Lipinski definition) is 1. The maximum Gasteiger partial charge on any atom is 0.150 e. The Morgan fingerprint density at radius 1 is 0.905 bits per heavy atom. The molecule has 1 aromatic rings. The van der Waals surface area contributed by atoms with E-state index in [0.717, 1.165) is 0 Å². The smallest absolute Gasteiger partial charge is 0.150 e. The average molecular weight is 278 g/mol. The first-order valence-electron chi connectivity index (χ1n) is 6.32. The lowest BCUT2D eigenvalue weighted by atomic mass is 10.1. The highest BCUT2D eigenvalue weighted by Crippen LogP contribution is 2.22. The number of azo groups is 1. The number of allylic oxidation sites excluding steroid dienone is 5. The number of rotatable bonds is 7. The minimum atomic E-state index is -0.0746. The quantitative estimate of drug-likeness (QED) is 0.395. The van der Waals surface area contributed by atoms with E-state index in [0.29, 0.717) is 16.8 Å². The number of hydrogen-bond acceptors (Lipinski definition) is 3. The minimum Gasteiger partial charge on any atom is -0.505 e. The van der Waals surface area contributed by atoms with Crippen LogP contribution in [0.15, 0.2) is 114 Å². The molecule has 1 N–H and O–H groups in total. The zero-order chi connectivity index (χ0) is 15.7. The number of benzene rings is 1. The van der Waals surface area contributed by atoms with E-state index in [1.807, 2.05) is 30.3 Å². The Morgan fingerprint density at radius 2 is 1.52 bits per heavy atom. The molecule has 0 aliphatic carbocycles. The van der Waals surface area contributed by atoms with Gasteiger partial charge in [0.2, 0.25) is 0 Å². The maximum absolute atomic E-state index is 10.3. The van der Waals surface area contributed by atoms with Gasteiger partial charge in [-0.3, -0.25) is 0 Å². The molecule has 0 fully saturated rings. The third-order valence-corrected chi connectivity index (χ3v) is 2.68. The molecule has 106 valence electrons. The molecule has 1 aromatic carbocycles. The van der Waals surface area contributed by atoms with Crippen LogP contribution in [-0.2, 0) is 0 Å². The van der Waals surface area contributed by atoms with Gasteiger partial charge in [0.25, 0.3) is 0 Å². The van der Waals surface area contributed by atoms with Gasteiger partial charge in [-0.05, 0) is 23.8 Å². The van der Waals surface area contributed by atoms with Crippen molar-refractivity contribution in [3.8, 4) is 0 Å². The molecule has 0 spiro atoms. The van der Waals surface area contributed by atoms with Crippen LogP contribution in [0.4, 0.5) is 5.69 Å². The van der Waals surface area contributed by atoms with Crippen LogP contribution in [0.5, 0.6) is 0 Å². The van der Waals surface area contributed by atoms with Gasteiger partial charge in [0, 0.05) is 5.57 Å². The summed E-state index contributed by atoms with van der Waals surface area (Å²) in [7, 11) is 0. The van der Waals surface area contributed by atoms with Gasteiger partial charge in [-0.15, -0.1) is 5.11 Å². The van der Waals surface area contributed by atoms with E-state index >= 15 is 0 Å². The van der Waals surface area contributed by atoms with Crippen molar-refractivity contribution in [2.45, 2.75) is 0 Å². The van der Waals surface area contributed by atoms with Crippen molar-refractivity contribution in [2.24, 2.45) is 10.2 Å². The largest absolute Gasteiger partial charge is 0.505 e. The second-order valence-corrected chi connectivity index (χ2v) is 3.95. The summed E-state index contributed by atoms with van der Waals surface area (Å²) in [6.45, 7) is 14.7. The van der Waals surface area contributed by atoms with Crippen LogP contribution in [0, 0.1) is 0 Å². The number of nitrogens with zero attached hydrogens (tertiary/aromatic N) is 2. The molecule has 3 nitrogen and oxygen atoms in total. The SMILES string of the molecule is C=CC(C=C)=C(C=C)/C(O)=C(C=C)/N=N/c1ccccc1. The van der Waals surface area contributed by atoms with Crippen LogP contribution in [0.1, 0.15) is 0 Å². The normalized spacial score (nSPS) is 11.4. The summed E-state index contributed by atoms with van der Waals surface area (Å²) in [6, 6.07) is 9.22. The first kappa shape index (κ1) is 16.1. The summed E-state index contributed by atoms with van der Waals surface area (Å²) >= 11 is 0. The Kier molecular flexibility index (Phi) is 6.35. The zero-order valence-electron chi connectivity index (χ0n) is 11.9. The van der Waals surface area contributed by atoms with Gasteiger partial charge < -0.3 is 5.11 Å². The molecule has 0 saturated heterocycles. The Morgan fingerprint density at radius 3 is 2.00 bits per heavy atom. The molecule has 0 aliphatic heterocycles. The second kappa shape index (κ2) is 8.27. The van der Waals surface area contributed by atoms with Gasteiger partial charge in [-0.1, -0.05) is 62.7 Å². The summed E-state index contributed by atoms with van der Waals surface area (Å²) in [4.78, 5) is 0. The minimum absolute atomic E-state index is 0.0746. The lowest BCUT2D eigenvalue weighted by Gasteiger charge is -2.06. The van der Waals surface area contributed by atoms with Crippen LogP contribution in [0.2, 0.25) is 0 Å². The Labute approximate surface area is 125 Å². The van der Waals surface area contributed by atoms with E-state index in [9.17, 15) is 5.11 Å². The zero-order valence-corrected chi connectivity index (χ0v) is 11.9. The molecule has 0 heterocycles. The van der Waals surface area contributed by atoms with Crippen LogP contribution in [0.3, 0.4) is 0 Å². The Bertz CT molecular complexity index is 624. The van der Waals surface area contributed by atoms with Crippen molar-refractivity contribution in [1.29, 1.82) is 0 Å². The van der Waals surface area contributed by atoms with Crippen molar-refractivity contribution >= 4 is 5.69 Å². The molecular formula is C18H18N2O. The van der Waals surface area contributed by atoms with Gasteiger partial charge >= 0.3 is 0 Å². The molecule has 0 aromatic heterocycles. The summed E-state index contributed by atoms with van der Waals surface area (Å²) in [5.41, 5.74) is 2.05.